The Hall–Kier alpha value is -2.23. The fraction of sp³-hybridized carbons (Fsp3) is 0.353. The van der Waals surface area contributed by atoms with E-state index in [1.54, 1.807) is 6.26 Å². The molecule has 112 valence electrons. The van der Waals surface area contributed by atoms with E-state index in [0.29, 0.717) is 0 Å². The molecule has 0 bridgehead atoms. The molecule has 1 aromatic heterocycles. The van der Waals surface area contributed by atoms with E-state index >= 15 is 0 Å². The zero-order valence-electron chi connectivity index (χ0n) is 12.7. The molecule has 1 aromatic carbocycles. The molecule has 4 heteroatoms. The average Bonchev–Trinajstić information content (AvgIpc) is 2.83. The van der Waals surface area contributed by atoms with Crippen molar-refractivity contribution in [1.29, 1.82) is 0 Å². The maximum Gasteiger partial charge on any atom is 0.407 e. The first-order valence-corrected chi connectivity index (χ1v) is 6.97. The van der Waals surface area contributed by atoms with E-state index in [1.807, 2.05) is 45.0 Å². The summed E-state index contributed by atoms with van der Waals surface area (Å²) in [7, 11) is 0. The number of carbonyl (C=O) groups is 1. The van der Waals surface area contributed by atoms with Crippen LogP contribution >= 0.6 is 0 Å². The second-order valence-electron chi connectivity index (χ2n) is 6.03. The predicted molar refractivity (Wildman–Crippen MR) is 81.0 cm³/mol. The van der Waals surface area contributed by atoms with Gasteiger partial charge in [0.2, 0.25) is 0 Å². The van der Waals surface area contributed by atoms with Crippen LogP contribution in [0.15, 0.2) is 47.1 Å². The van der Waals surface area contributed by atoms with Gasteiger partial charge < -0.3 is 14.5 Å². The molecule has 2 rings (SSSR count). The van der Waals surface area contributed by atoms with Crippen LogP contribution < -0.4 is 5.32 Å². The van der Waals surface area contributed by atoms with Crippen LogP contribution in [0.3, 0.4) is 0 Å². The first-order valence-electron chi connectivity index (χ1n) is 6.97. The topological polar surface area (TPSA) is 51.5 Å². The first-order chi connectivity index (χ1) is 9.92. The second kappa shape index (κ2) is 6.48. The summed E-state index contributed by atoms with van der Waals surface area (Å²) in [5, 5.41) is 2.74. The average molecular weight is 287 g/mol. The highest BCUT2D eigenvalue weighted by Crippen LogP contribution is 2.14. The Morgan fingerprint density at radius 3 is 2.57 bits per heavy atom. The summed E-state index contributed by atoms with van der Waals surface area (Å²) in [6.07, 6.45) is 1.94. The molecule has 0 aliphatic heterocycles. The number of hydrogen-bond acceptors (Lipinski definition) is 3. The minimum atomic E-state index is -0.423. The molecule has 1 amide bonds. The molecule has 4 nitrogen and oxygen atoms in total. The van der Waals surface area contributed by atoms with Gasteiger partial charge in [-0.1, -0.05) is 30.3 Å². The molecular formula is C17H21NO3. The van der Waals surface area contributed by atoms with Gasteiger partial charge in [-0.25, -0.2) is 4.79 Å². The predicted octanol–water partition coefficient (Wildman–Crippen LogP) is 3.90. The third-order valence-corrected chi connectivity index (χ3v) is 2.78. The van der Waals surface area contributed by atoms with E-state index in [-0.39, 0.29) is 12.1 Å². The highest BCUT2D eigenvalue weighted by atomic mass is 16.5. The van der Waals surface area contributed by atoms with Gasteiger partial charge in [-0.05, 0) is 32.4 Å². The number of nitrogens with one attached hydrogen (secondary N) is 1. The Morgan fingerprint density at radius 2 is 1.90 bits per heavy atom. The maximum atomic E-state index is 11.6. The molecule has 21 heavy (non-hydrogen) atoms. The summed E-state index contributed by atoms with van der Waals surface area (Å²) < 4.78 is 10.6. The van der Waals surface area contributed by atoms with Crippen LogP contribution in [0.1, 0.15) is 37.7 Å². The van der Waals surface area contributed by atoms with Crippen LogP contribution in [0, 0.1) is 0 Å². The normalized spacial score (nSPS) is 11.2. The SMILES string of the molecule is CC(C)(C)NC(=O)OCc1coc(Cc2ccccc2)c1. The quantitative estimate of drug-likeness (QED) is 0.928. The van der Waals surface area contributed by atoms with E-state index in [4.69, 9.17) is 9.15 Å². The van der Waals surface area contributed by atoms with Crippen LogP contribution in [0.5, 0.6) is 0 Å². The standard InChI is InChI=1S/C17H21NO3/c1-17(2,3)18-16(19)21-12-14-10-15(20-11-14)9-13-7-5-4-6-8-13/h4-8,10-11H,9,12H2,1-3H3,(H,18,19). The Balaban J connectivity index is 1.85. The molecule has 0 aliphatic rings. The number of hydrogen-bond donors (Lipinski definition) is 1. The largest absolute Gasteiger partial charge is 0.469 e. The summed E-state index contributed by atoms with van der Waals surface area (Å²) in [5.74, 6) is 0.857. The van der Waals surface area contributed by atoms with Crippen molar-refractivity contribution in [3.63, 3.8) is 0 Å². The van der Waals surface area contributed by atoms with Crippen molar-refractivity contribution in [3.05, 3.63) is 59.5 Å². The van der Waals surface area contributed by atoms with E-state index in [0.717, 1.165) is 17.7 Å². The zero-order valence-corrected chi connectivity index (χ0v) is 12.7. The van der Waals surface area contributed by atoms with Gasteiger partial charge in [-0.2, -0.15) is 0 Å². The number of benzene rings is 1. The number of alkyl carbamates (subject to hydrolysis) is 1. The number of amides is 1. The molecule has 1 heterocycles. The van der Waals surface area contributed by atoms with Crippen molar-refractivity contribution >= 4 is 6.09 Å². The summed E-state index contributed by atoms with van der Waals surface area (Å²) in [4.78, 5) is 11.6. The lowest BCUT2D eigenvalue weighted by Gasteiger charge is -2.19. The fourth-order valence-electron chi connectivity index (χ4n) is 1.88. The molecule has 0 spiro atoms. The summed E-state index contributed by atoms with van der Waals surface area (Å²) >= 11 is 0. The minimum Gasteiger partial charge on any atom is -0.469 e. The van der Waals surface area contributed by atoms with E-state index < -0.39 is 6.09 Å². The number of carbonyl (C=O) groups excluding carboxylic acids is 1. The van der Waals surface area contributed by atoms with Gasteiger partial charge in [-0.15, -0.1) is 0 Å². The maximum absolute atomic E-state index is 11.6. The highest BCUT2D eigenvalue weighted by Gasteiger charge is 2.14. The van der Waals surface area contributed by atoms with Crippen molar-refractivity contribution in [2.75, 3.05) is 0 Å². The van der Waals surface area contributed by atoms with E-state index in [1.165, 1.54) is 5.56 Å². The van der Waals surface area contributed by atoms with Gasteiger partial charge in [0.15, 0.2) is 0 Å². The number of ether oxygens (including phenoxy) is 1. The lowest BCUT2D eigenvalue weighted by atomic mass is 10.1. The highest BCUT2D eigenvalue weighted by molar-refractivity contribution is 5.68. The van der Waals surface area contributed by atoms with Crippen LogP contribution in [-0.4, -0.2) is 11.6 Å². The van der Waals surface area contributed by atoms with Gasteiger partial charge in [0.05, 0.1) is 6.26 Å². The lowest BCUT2D eigenvalue weighted by molar-refractivity contribution is 0.131. The van der Waals surface area contributed by atoms with Crippen molar-refractivity contribution in [2.24, 2.45) is 0 Å². The van der Waals surface area contributed by atoms with Crippen molar-refractivity contribution in [3.8, 4) is 0 Å². The van der Waals surface area contributed by atoms with Crippen molar-refractivity contribution < 1.29 is 13.9 Å². The molecule has 0 saturated heterocycles. The molecular weight excluding hydrogens is 266 g/mol. The molecule has 0 radical (unpaired) electrons. The third-order valence-electron chi connectivity index (χ3n) is 2.78. The Morgan fingerprint density at radius 1 is 1.19 bits per heavy atom. The van der Waals surface area contributed by atoms with Gasteiger partial charge in [0, 0.05) is 17.5 Å². The van der Waals surface area contributed by atoms with Crippen molar-refractivity contribution in [1.82, 2.24) is 5.32 Å². The number of furan rings is 1. The van der Waals surface area contributed by atoms with Crippen LogP contribution in [0.2, 0.25) is 0 Å². The fourth-order valence-corrected chi connectivity index (χ4v) is 1.88. The van der Waals surface area contributed by atoms with Gasteiger partial charge in [0.25, 0.3) is 0 Å². The molecule has 0 fully saturated rings. The van der Waals surface area contributed by atoms with E-state index in [9.17, 15) is 4.79 Å². The van der Waals surface area contributed by atoms with Gasteiger partial charge in [0.1, 0.15) is 12.4 Å². The minimum absolute atomic E-state index is 0.209. The Bertz CT molecular complexity index is 582. The number of rotatable bonds is 4. The summed E-state index contributed by atoms with van der Waals surface area (Å²) in [6, 6.07) is 12.0. The molecule has 2 aromatic rings. The Kier molecular flexibility index (Phi) is 4.68. The third kappa shape index (κ3) is 5.34. The van der Waals surface area contributed by atoms with E-state index in [2.05, 4.69) is 17.4 Å². The van der Waals surface area contributed by atoms with Crippen molar-refractivity contribution in [2.45, 2.75) is 39.3 Å². The van der Waals surface area contributed by atoms with Gasteiger partial charge >= 0.3 is 6.09 Å². The van der Waals surface area contributed by atoms with Crippen LogP contribution in [0.25, 0.3) is 0 Å². The summed E-state index contributed by atoms with van der Waals surface area (Å²) in [5.41, 5.74) is 1.74. The first kappa shape index (κ1) is 15.2. The smallest absolute Gasteiger partial charge is 0.407 e. The molecule has 0 unspecified atom stereocenters. The second-order valence-corrected chi connectivity index (χ2v) is 6.03. The van der Waals surface area contributed by atoms with Gasteiger partial charge in [-0.3, -0.25) is 0 Å². The van der Waals surface area contributed by atoms with Crippen LogP contribution in [0.4, 0.5) is 4.79 Å². The molecule has 0 saturated carbocycles. The monoisotopic (exact) mass is 287 g/mol. The van der Waals surface area contributed by atoms with Crippen LogP contribution in [-0.2, 0) is 17.8 Å². The summed E-state index contributed by atoms with van der Waals surface area (Å²) in [6.45, 7) is 5.93. The lowest BCUT2D eigenvalue weighted by Crippen LogP contribution is -2.40. The zero-order chi connectivity index (χ0) is 15.3. The Labute approximate surface area is 125 Å². The molecule has 0 atom stereocenters. The molecule has 1 N–H and O–H groups in total. The molecule has 0 aliphatic carbocycles.